The summed E-state index contributed by atoms with van der Waals surface area (Å²) in [5, 5.41) is 3.22. The average molecular weight is 401 g/mol. The van der Waals surface area contributed by atoms with Gasteiger partial charge in [-0.25, -0.2) is 4.39 Å². The van der Waals surface area contributed by atoms with Crippen molar-refractivity contribution in [2.24, 2.45) is 0 Å². The van der Waals surface area contributed by atoms with Gasteiger partial charge in [0.2, 0.25) is 0 Å². The van der Waals surface area contributed by atoms with Crippen molar-refractivity contribution in [3.8, 4) is 5.75 Å². The highest BCUT2D eigenvalue weighted by molar-refractivity contribution is 9.10. The lowest BCUT2D eigenvalue weighted by Crippen LogP contribution is -2.02. The smallest absolute Gasteiger partial charge is 0.139 e. The molecule has 5 heteroatoms. The van der Waals surface area contributed by atoms with Crippen LogP contribution in [0.25, 0.3) is 0 Å². The maximum absolute atomic E-state index is 13.5. The molecule has 1 aliphatic heterocycles. The van der Waals surface area contributed by atoms with E-state index in [4.69, 9.17) is 4.74 Å². The lowest BCUT2D eigenvalue weighted by atomic mass is 10.1. The standard InChI is InChI=1S/C15H12Br2FNO/c16-11-5-9-3-4-20-15(9)10(6-11)8-19-12-1-2-13(17)14(18)7-12/h1-2,5-7,19H,3-4,8H2. The van der Waals surface area contributed by atoms with Gasteiger partial charge in [0.1, 0.15) is 11.6 Å². The van der Waals surface area contributed by atoms with Gasteiger partial charge in [-0.3, -0.25) is 0 Å². The van der Waals surface area contributed by atoms with Crippen LogP contribution in [0.3, 0.4) is 0 Å². The monoisotopic (exact) mass is 399 g/mol. The first kappa shape index (κ1) is 13.9. The van der Waals surface area contributed by atoms with Gasteiger partial charge >= 0.3 is 0 Å². The molecule has 0 atom stereocenters. The zero-order chi connectivity index (χ0) is 14.1. The maximum atomic E-state index is 13.5. The molecule has 0 bridgehead atoms. The number of rotatable bonds is 3. The maximum Gasteiger partial charge on any atom is 0.139 e. The highest BCUT2D eigenvalue weighted by Gasteiger charge is 2.17. The number of benzene rings is 2. The van der Waals surface area contributed by atoms with E-state index in [1.54, 1.807) is 6.07 Å². The SMILES string of the molecule is Fc1cc(NCc2cc(Br)cc3c2OCC3)ccc1Br. The summed E-state index contributed by atoms with van der Waals surface area (Å²) in [4.78, 5) is 0. The van der Waals surface area contributed by atoms with E-state index in [1.807, 2.05) is 12.1 Å². The van der Waals surface area contributed by atoms with Crippen LogP contribution in [0.15, 0.2) is 39.3 Å². The van der Waals surface area contributed by atoms with E-state index in [1.165, 1.54) is 11.6 Å². The molecule has 0 aliphatic carbocycles. The molecule has 2 nitrogen and oxygen atoms in total. The third-order valence-electron chi connectivity index (χ3n) is 3.23. The zero-order valence-corrected chi connectivity index (χ0v) is 13.7. The van der Waals surface area contributed by atoms with Gasteiger partial charge < -0.3 is 10.1 Å². The fourth-order valence-corrected chi connectivity index (χ4v) is 3.08. The van der Waals surface area contributed by atoms with Crippen LogP contribution >= 0.6 is 31.9 Å². The van der Waals surface area contributed by atoms with Crippen LogP contribution in [0.2, 0.25) is 0 Å². The molecule has 2 aromatic carbocycles. The largest absolute Gasteiger partial charge is 0.493 e. The van der Waals surface area contributed by atoms with Crippen molar-refractivity contribution in [3.63, 3.8) is 0 Å². The Hall–Kier alpha value is -1.07. The van der Waals surface area contributed by atoms with Gasteiger partial charge in [-0.1, -0.05) is 15.9 Å². The highest BCUT2D eigenvalue weighted by atomic mass is 79.9. The Kier molecular flexibility index (Phi) is 3.98. The van der Waals surface area contributed by atoms with E-state index < -0.39 is 0 Å². The van der Waals surface area contributed by atoms with Gasteiger partial charge in [0.15, 0.2) is 0 Å². The van der Waals surface area contributed by atoms with Crippen molar-refractivity contribution in [2.45, 2.75) is 13.0 Å². The van der Waals surface area contributed by atoms with Crippen LogP contribution in [-0.4, -0.2) is 6.61 Å². The molecule has 104 valence electrons. The summed E-state index contributed by atoms with van der Waals surface area (Å²) in [5.74, 6) is 0.684. The second kappa shape index (κ2) is 5.74. The van der Waals surface area contributed by atoms with Gasteiger partial charge in [-0.2, -0.15) is 0 Å². The van der Waals surface area contributed by atoms with Crippen LogP contribution in [0.1, 0.15) is 11.1 Å². The summed E-state index contributed by atoms with van der Waals surface area (Å²) in [6, 6.07) is 9.13. The Bertz CT molecular complexity index is 661. The topological polar surface area (TPSA) is 21.3 Å². The fraction of sp³-hybridized carbons (Fsp3) is 0.200. The molecule has 1 heterocycles. The lowest BCUT2D eigenvalue weighted by molar-refractivity contribution is 0.354. The van der Waals surface area contributed by atoms with Crippen LogP contribution in [0.5, 0.6) is 5.75 Å². The van der Waals surface area contributed by atoms with E-state index in [0.29, 0.717) is 11.0 Å². The minimum atomic E-state index is -0.272. The number of nitrogens with one attached hydrogen (secondary N) is 1. The number of hydrogen-bond donors (Lipinski definition) is 1. The summed E-state index contributed by atoms with van der Waals surface area (Å²) in [5.41, 5.74) is 3.05. The Balaban J connectivity index is 1.80. The highest BCUT2D eigenvalue weighted by Crippen LogP contribution is 2.33. The third kappa shape index (κ3) is 2.83. The third-order valence-corrected chi connectivity index (χ3v) is 4.33. The summed E-state index contributed by atoms with van der Waals surface area (Å²) < 4.78 is 20.7. The molecule has 0 amide bonds. The molecule has 2 aromatic rings. The van der Waals surface area contributed by atoms with Gasteiger partial charge in [0.25, 0.3) is 0 Å². The molecule has 20 heavy (non-hydrogen) atoms. The van der Waals surface area contributed by atoms with Crippen LogP contribution in [-0.2, 0) is 13.0 Å². The molecule has 1 aliphatic rings. The molecule has 0 spiro atoms. The van der Waals surface area contributed by atoms with Crippen molar-refractivity contribution >= 4 is 37.5 Å². The van der Waals surface area contributed by atoms with Crippen LogP contribution < -0.4 is 10.1 Å². The summed E-state index contributed by atoms with van der Waals surface area (Å²) >= 11 is 6.66. The molecule has 0 unspecified atom stereocenters. The lowest BCUT2D eigenvalue weighted by Gasteiger charge is -2.11. The minimum absolute atomic E-state index is 0.272. The summed E-state index contributed by atoms with van der Waals surface area (Å²) in [6.45, 7) is 1.33. The Morgan fingerprint density at radius 1 is 1.20 bits per heavy atom. The molecule has 0 radical (unpaired) electrons. The second-order valence-electron chi connectivity index (χ2n) is 4.63. The molecular formula is C15H12Br2FNO. The van der Waals surface area contributed by atoms with Gasteiger partial charge in [0.05, 0.1) is 11.1 Å². The Morgan fingerprint density at radius 2 is 2.05 bits per heavy atom. The first-order valence-electron chi connectivity index (χ1n) is 6.26. The van der Waals surface area contributed by atoms with Crippen LogP contribution in [0.4, 0.5) is 10.1 Å². The van der Waals surface area contributed by atoms with Crippen LogP contribution in [0, 0.1) is 5.82 Å². The summed E-state index contributed by atoms with van der Waals surface area (Å²) in [6.07, 6.45) is 0.939. The minimum Gasteiger partial charge on any atom is -0.493 e. The molecule has 0 fully saturated rings. The molecule has 3 rings (SSSR count). The van der Waals surface area contributed by atoms with Gasteiger partial charge in [-0.05, 0) is 51.8 Å². The van der Waals surface area contributed by atoms with Crippen molar-refractivity contribution in [1.29, 1.82) is 0 Å². The van der Waals surface area contributed by atoms with E-state index in [-0.39, 0.29) is 5.82 Å². The first-order chi connectivity index (χ1) is 9.63. The van der Waals surface area contributed by atoms with E-state index in [0.717, 1.165) is 34.5 Å². The predicted molar refractivity (Wildman–Crippen MR) is 84.8 cm³/mol. The number of anilines is 1. The van der Waals surface area contributed by atoms with Crippen molar-refractivity contribution < 1.29 is 9.13 Å². The molecule has 1 N–H and O–H groups in total. The van der Waals surface area contributed by atoms with Crippen molar-refractivity contribution in [2.75, 3.05) is 11.9 Å². The first-order valence-corrected chi connectivity index (χ1v) is 7.85. The quantitative estimate of drug-likeness (QED) is 0.791. The summed E-state index contributed by atoms with van der Waals surface area (Å²) in [7, 11) is 0. The molecular weight excluding hydrogens is 389 g/mol. The van der Waals surface area contributed by atoms with Crippen molar-refractivity contribution in [3.05, 3.63) is 56.2 Å². The van der Waals surface area contributed by atoms with Gasteiger partial charge in [-0.15, -0.1) is 0 Å². The fourth-order valence-electron chi connectivity index (χ4n) is 2.28. The molecule has 0 saturated carbocycles. The molecule has 0 aromatic heterocycles. The van der Waals surface area contributed by atoms with Crippen molar-refractivity contribution in [1.82, 2.24) is 0 Å². The second-order valence-corrected chi connectivity index (χ2v) is 6.40. The molecule has 0 saturated heterocycles. The number of fused-ring (bicyclic) bond motifs is 1. The predicted octanol–water partition coefficient (Wildman–Crippen LogP) is 4.90. The Labute approximate surface area is 133 Å². The average Bonchev–Trinajstić information content (AvgIpc) is 2.88. The number of hydrogen-bond acceptors (Lipinski definition) is 2. The number of halogens is 3. The van der Waals surface area contributed by atoms with E-state index >= 15 is 0 Å². The van der Waals surface area contributed by atoms with E-state index in [2.05, 4.69) is 43.2 Å². The zero-order valence-electron chi connectivity index (χ0n) is 10.6. The Morgan fingerprint density at radius 3 is 2.85 bits per heavy atom. The van der Waals surface area contributed by atoms with Gasteiger partial charge in [0, 0.05) is 28.7 Å². The van der Waals surface area contributed by atoms with E-state index in [9.17, 15) is 4.39 Å². The number of ether oxygens (including phenoxy) is 1. The normalized spacial score (nSPS) is 12.9.